The Morgan fingerprint density at radius 3 is 2.20 bits per heavy atom. The predicted octanol–water partition coefficient (Wildman–Crippen LogP) is -3.62. The van der Waals surface area contributed by atoms with E-state index in [1.54, 1.807) is 54.6 Å². The van der Waals surface area contributed by atoms with Gasteiger partial charge in [0.25, 0.3) is 5.91 Å². The first kappa shape index (κ1) is 37.0. The van der Waals surface area contributed by atoms with Crippen LogP contribution in [0.5, 0.6) is 0 Å². The molecule has 2 aromatic rings. The number of nitrogens with two attached hydrogens (primary N) is 1. The fraction of sp³-hybridized carbons (Fsp3) is 0.452. The Morgan fingerprint density at radius 1 is 1.02 bits per heavy atom. The first-order chi connectivity index (χ1) is 20.9. The van der Waals surface area contributed by atoms with Gasteiger partial charge in [-0.2, -0.15) is 0 Å². The molecule has 0 spiro atoms. The first-order valence-corrected chi connectivity index (χ1v) is 14.6. The second kappa shape index (κ2) is 17.3. The van der Waals surface area contributed by atoms with E-state index in [1.165, 1.54) is 4.90 Å². The van der Waals surface area contributed by atoms with E-state index in [0.29, 0.717) is 30.5 Å². The molecule has 246 valence electrons. The summed E-state index contributed by atoms with van der Waals surface area (Å²) in [6.45, 7) is 4.27. The van der Waals surface area contributed by atoms with Crippen LogP contribution in [0.25, 0.3) is 0 Å². The molecule has 2 aromatic carbocycles. The van der Waals surface area contributed by atoms with Gasteiger partial charge in [0.1, 0.15) is 18.7 Å². The number of hydrogen-bond donors (Lipinski definition) is 6. The molecule has 9 N–H and O–H groups in total. The summed E-state index contributed by atoms with van der Waals surface area (Å²) in [4.78, 5) is 65.7. The highest BCUT2D eigenvalue weighted by Gasteiger charge is 2.41. The first-order valence-electron chi connectivity index (χ1n) is 14.6. The Balaban J connectivity index is 0.00000705. The Hall–Kier alpha value is -4.20. The van der Waals surface area contributed by atoms with Crippen molar-refractivity contribution in [3.8, 4) is 0 Å². The van der Waals surface area contributed by atoms with Gasteiger partial charge < -0.3 is 54.6 Å². The van der Waals surface area contributed by atoms with Crippen LogP contribution in [0.4, 0.5) is 4.79 Å². The maximum absolute atomic E-state index is 13.6. The lowest BCUT2D eigenvalue weighted by molar-refractivity contribution is -0.380. The Bertz CT molecular complexity index is 1300. The third-order valence-corrected chi connectivity index (χ3v) is 7.41. The van der Waals surface area contributed by atoms with Crippen molar-refractivity contribution in [2.75, 3.05) is 13.1 Å². The van der Waals surface area contributed by atoms with Crippen molar-refractivity contribution >= 4 is 29.7 Å². The number of rotatable bonds is 14. The Labute approximate surface area is 268 Å². The Morgan fingerprint density at radius 2 is 1.62 bits per heavy atom. The molecule has 3 rings (SSSR count). The Kier molecular flexibility index (Phi) is 14.2. The number of nitrogens with one attached hydrogen (secondary N) is 3. The van der Waals surface area contributed by atoms with Gasteiger partial charge in [0.2, 0.25) is 17.7 Å². The van der Waals surface area contributed by atoms with Crippen LogP contribution in [0.15, 0.2) is 60.7 Å². The number of aliphatic hydroxyl groups is 1. The molecule has 0 aliphatic carbocycles. The van der Waals surface area contributed by atoms with Gasteiger partial charge in [0.15, 0.2) is 6.10 Å². The number of ether oxygens (including phenoxy) is 1. The molecule has 14 heteroatoms. The van der Waals surface area contributed by atoms with Crippen molar-refractivity contribution in [3.63, 3.8) is 0 Å². The quantitative estimate of drug-likeness (QED) is 0.121. The maximum atomic E-state index is 13.6. The smallest absolute Gasteiger partial charge is 0.408 e. The van der Waals surface area contributed by atoms with Gasteiger partial charge in [0.05, 0.1) is 24.5 Å². The van der Waals surface area contributed by atoms with Crippen LogP contribution in [-0.2, 0) is 36.9 Å². The highest BCUT2D eigenvalue weighted by molar-refractivity contribution is 5.93. The number of halogens is 1. The lowest BCUT2D eigenvalue weighted by Crippen LogP contribution is -3.00. The van der Waals surface area contributed by atoms with Gasteiger partial charge in [-0.05, 0) is 44.2 Å². The zero-order chi connectivity index (χ0) is 32.3. The van der Waals surface area contributed by atoms with Gasteiger partial charge in [0, 0.05) is 6.54 Å². The van der Waals surface area contributed by atoms with E-state index < -0.39 is 60.0 Å². The van der Waals surface area contributed by atoms with Crippen molar-refractivity contribution in [1.82, 2.24) is 20.9 Å². The largest absolute Gasteiger partial charge is 1.00 e. The number of benzene rings is 2. The number of likely N-dealkylation sites (tertiary alicyclic amines) is 1. The summed E-state index contributed by atoms with van der Waals surface area (Å²) < 4.78 is 5.19. The monoisotopic (exact) mass is 646 g/mol. The van der Waals surface area contributed by atoms with Crippen LogP contribution in [0.3, 0.4) is 0 Å². The highest BCUT2D eigenvalue weighted by Crippen LogP contribution is 2.21. The van der Waals surface area contributed by atoms with Gasteiger partial charge in [-0.15, -0.1) is 0 Å². The molecule has 1 saturated heterocycles. The fourth-order valence-corrected chi connectivity index (χ4v) is 4.83. The molecule has 1 aliphatic heterocycles. The summed E-state index contributed by atoms with van der Waals surface area (Å²) in [6, 6.07) is 14.3. The van der Waals surface area contributed by atoms with E-state index in [2.05, 4.69) is 21.7 Å². The van der Waals surface area contributed by atoms with Gasteiger partial charge in [-0.25, -0.2) is 4.79 Å². The molecule has 0 saturated carbocycles. The fourth-order valence-electron chi connectivity index (χ4n) is 4.83. The molecule has 0 radical (unpaired) electrons. The lowest BCUT2D eigenvalue weighted by Gasteiger charge is -2.32. The molecular weight excluding hydrogens is 604 g/mol. The van der Waals surface area contributed by atoms with Crippen LogP contribution in [0, 0.1) is 0 Å². The topological polar surface area (TPSA) is 208 Å². The van der Waals surface area contributed by atoms with Crippen LogP contribution in [-0.4, -0.2) is 82.6 Å². The number of nitrogens with zero attached hydrogens (tertiary/aromatic N) is 1. The number of aliphatic hydroxyl groups excluding tert-OH is 1. The van der Waals surface area contributed by atoms with Crippen molar-refractivity contribution in [2.45, 2.75) is 75.9 Å². The summed E-state index contributed by atoms with van der Waals surface area (Å²) in [5.74, 6) is -2.78. The molecule has 0 unspecified atom stereocenters. The molecule has 1 aliphatic rings. The van der Waals surface area contributed by atoms with Crippen LogP contribution < -0.4 is 39.8 Å². The lowest BCUT2D eigenvalue weighted by atomic mass is 9.99. The van der Waals surface area contributed by atoms with E-state index >= 15 is 0 Å². The molecule has 0 bridgehead atoms. The summed E-state index contributed by atoms with van der Waals surface area (Å²) in [6.07, 6.45) is -2.23. The van der Waals surface area contributed by atoms with E-state index in [-0.39, 0.29) is 37.9 Å². The van der Waals surface area contributed by atoms with Gasteiger partial charge in [-0.1, -0.05) is 60.7 Å². The number of amides is 5. The zero-order valence-electron chi connectivity index (χ0n) is 25.5. The molecule has 45 heavy (non-hydrogen) atoms. The number of alkyl carbamates (subject to hydrolysis) is 1. The van der Waals surface area contributed by atoms with E-state index in [9.17, 15) is 29.1 Å². The zero-order valence-corrected chi connectivity index (χ0v) is 26.3. The van der Waals surface area contributed by atoms with E-state index in [1.807, 2.05) is 19.9 Å². The number of carbonyl (C=O) groups is 5. The summed E-state index contributed by atoms with van der Waals surface area (Å²) in [7, 11) is 0. The summed E-state index contributed by atoms with van der Waals surface area (Å²) in [5.41, 5.74) is 10.0. The van der Waals surface area contributed by atoms with Crippen molar-refractivity contribution in [3.05, 3.63) is 71.8 Å². The number of hydrogen-bond acceptors (Lipinski definition) is 7. The molecule has 4 atom stereocenters. The third-order valence-electron chi connectivity index (χ3n) is 7.41. The highest BCUT2D eigenvalue weighted by atomic mass is 35.5. The van der Waals surface area contributed by atoms with Crippen LogP contribution >= 0.6 is 0 Å². The SMILES string of the molecule is CC(C)(C[NH3+])NC(=O)[C@@H]1CCCN1C(=O)[C@@H](O)[C@H](Cc1ccccc1)NC(=O)[C@H](CC(N)=O)NC(=O)OCc1ccccc1.[Cl-]. The standard InChI is InChI=1S/C31H42N6O7.ClH/c1-31(2,19-32)36-28(41)24-14-9-15-37(24)29(42)26(39)22(16-20-10-5-3-6-11-20)34-27(40)23(17-25(33)38)35-30(43)44-18-21-12-7-4-8-13-21;/h3-8,10-13,22-24,26,39H,9,14-19,32H2,1-2H3,(H2,33,38)(H,34,40)(H,35,43)(H,36,41);1H/t22-,23-,24-,26-;/m0./s1. The van der Waals surface area contributed by atoms with Gasteiger partial charge >= 0.3 is 6.09 Å². The van der Waals surface area contributed by atoms with Crippen molar-refractivity contribution in [2.24, 2.45) is 5.73 Å². The minimum Gasteiger partial charge on any atom is -1.00 e. The number of primary amides is 1. The summed E-state index contributed by atoms with van der Waals surface area (Å²) >= 11 is 0. The summed E-state index contributed by atoms with van der Waals surface area (Å²) in [5, 5.41) is 19.2. The number of quaternary nitrogens is 1. The molecule has 13 nitrogen and oxygen atoms in total. The number of carbonyl (C=O) groups excluding carboxylic acids is 5. The maximum Gasteiger partial charge on any atom is 0.408 e. The second-order valence-electron chi connectivity index (χ2n) is 11.5. The van der Waals surface area contributed by atoms with E-state index in [0.717, 1.165) is 0 Å². The minimum absolute atomic E-state index is 0. The van der Waals surface area contributed by atoms with Crippen LogP contribution in [0.2, 0.25) is 0 Å². The van der Waals surface area contributed by atoms with Crippen LogP contribution in [0.1, 0.15) is 44.2 Å². The molecule has 1 fully saturated rings. The predicted molar refractivity (Wildman–Crippen MR) is 160 cm³/mol. The molecule has 1 heterocycles. The van der Waals surface area contributed by atoms with E-state index in [4.69, 9.17) is 10.5 Å². The molecule has 0 aromatic heterocycles. The average molecular weight is 647 g/mol. The average Bonchev–Trinajstić information content (AvgIpc) is 3.50. The molecule has 5 amide bonds. The van der Waals surface area contributed by atoms with Crippen molar-refractivity contribution < 1.29 is 52.0 Å². The van der Waals surface area contributed by atoms with Crippen molar-refractivity contribution in [1.29, 1.82) is 0 Å². The van der Waals surface area contributed by atoms with Gasteiger partial charge in [-0.3, -0.25) is 19.2 Å². The minimum atomic E-state index is -1.74. The third kappa shape index (κ3) is 11.3. The second-order valence-corrected chi connectivity index (χ2v) is 11.5. The normalized spacial score (nSPS) is 16.4. The molecular formula is C31H43ClN6O7.